The topological polar surface area (TPSA) is 81.9 Å². The maximum absolute atomic E-state index is 12.6. The molecular weight excluding hydrogens is 338 g/mol. The Balaban J connectivity index is 1.54. The molecule has 1 aliphatic heterocycles. The van der Waals surface area contributed by atoms with Gasteiger partial charge in [0, 0.05) is 19.3 Å². The Morgan fingerprint density at radius 3 is 2.70 bits per heavy atom. The number of para-hydroxylation sites is 1. The molecular formula is C21H17N5O. The highest BCUT2D eigenvalue weighted by atomic mass is 16.1. The van der Waals surface area contributed by atoms with Crippen LogP contribution in [0.4, 0.5) is 11.6 Å². The standard InChI is InChI=1S/C21H17N5O/c22-13-16-6-3-4-8-18(16)24-20(27)19-9-11-23-21(25-19)26-12-10-15-5-1-2-7-17(15)14-26/h1-9,11H,10,12,14H2,(H,24,27). The Kier molecular flexibility index (Phi) is 4.50. The summed E-state index contributed by atoms with van der Waals surface area (Å²) in [5, 5.41) is 11.9. The highest BCUT2D eigenvalue weighted by Crippen LogP contribution is 2.22. The predicted molar refractivity (Wildman–Crippen MR) is 102 cm³/mol. The van der Waals surface area contributed by atoms with Crippen LogP contribution in [-0.4, -0.2) is 22.4 Å². The van der Waals surface area contributed by atoms with Crippen molar-refractivity contribution in [1.29, 1.82) is 5.26 Å². The van der Waals surface area contributed by atoms with Crippen LogP contribution in [0.3, 0.4) is 0 Å². The maximum Gasteiger partial charge on any atom is 0.274 e. The number of carbonyl (C=O) groups excluding carboxylic acids is 1. The van der Waals surface area contributed by atoms with Crippen LogP contribution in [0.2, 0.25) is 0 Å². The third kappa shape index (κ3) is 3.48. The first kappa shape index (κ1) is 16.7. The number of nitrogens with one attached hydrogen (secondary N) is 1. The zero-order valence-electron chi connectivity index (χ0n) is 14.6. The van der Waals surface area contributed by atoms with Crippen molar-refractivity contribution in [2.24, 2.45) is 0 Å². The molecule has 2 aromatic carbocycles. The number of rotatable bonds is 3. The largest absolute Gasteiger partial charge is 0.336 e. The lowest BCUT2D eigenvalue weighted by Crippen LogP contribution is -2.32. The number of nitriles is 1. The Labute approximate surface area is 157 Å². The summed E-state index contributed by atoms with van der Waals surface area (Å²) >= 11 is 0. The number of benzene rings is 2. The molecule has 6 nitrogen and oxygen atoms in total. The molecule has 0 atom stereocenters. The molecule has 0 radical (unpaired) electrons. The molecule has 0 bridgehead atoms. The minimum absolute atomic E-state index is 0.270. The van der Waals surface area contributed by atoms with Crippen LogP contribution < -0.4 is 10.2 Å². The minimum atomic E-state index is -0.362. The van der Waals surface area contributed by atoms with Gasteiger partial charge in [0.15, 0.2) is 0 Å². The SMILES string of the molecule is N#Cc1ccccc1NC(=O)c1ccnc(N2CCc3ccccc3C2)n1. The maximum atomic E-state index is 12.6. The average molecular weight is 355 g/mol. The van der Waals surface area contributed by atoms with Gasteiger partial charge in [-0.05, 0) is 35.7 Å². The summed E-state index contributed by atoms with van der Waals surface area (Å²) in [4.78, 5) is 23.4. The van der Waals surface area contributed by atoms with E-state index in [2.05, 4.69) is 44.5 Å². The van der Waals surface area contributed by atoms with Crippen LogP contribution in [0.25, 0.3) is 0 Å². The summed E-state index contributed by atoms with van der Waals surface area (Å²) in [6, 6.07) is 18.9. The zero-order valence-corrected chi connectivity index (χ0v) is 14.6. The van der Waals surface area contributed by atoms with E-state index < -0.39 is 0 Å². The molecule has 6 heteroatoms. The second-order valence-corrected chi connectivity index (χ2v) is 6.29. The first-order valence-corrected chi connectivity index (χ1v) is 8.70. The normalized spacial score (nSPS) is 12.8. The highest BCUT2D eigenvalue weighted by Gasteiger charge is 2.19. The summed E-state index contributed by atoms with van der Waals surface area (Å²) in [6.07, 6.45) is 2.51. The predicted octanol–water partition coefficient (Wildman–Crippen LogP) is 3.16. The molecule has 0 unspecified atom stereocenters. The lowest BCUT2D eigenvalue weighted by atomic mass is 10.0. The molecule has 0 aliphatic carbocycles. The van der Waals surface area contributed by atoms with Crippen LogP contribution in [0.1, 0.15) is 27.2 Å². The third-order valence-electron chi connectivity index (χ3n) is 4.58. The van der Waals surface area contributed by atoms with Crippen molar-refractivity contribution in [3.63, 3.8) is 0 Å². The molecule has 1 N–H and O–H groups in total. The first-order chi connectivity index (χ1) is 13.2. The molecule has 3 aromatic rings. The monoisotopic (exact) mass is 355 g/mol. The van der Waals surface area contributed by atoms with Gasteiger partial charge in [-0.25, -0.2) is 9.97 Å². The van der Waals surface area contributed by atoms with Crippen molar-refractivity contribution in [3.8, 4) is 6.07 Å². The van der Waals surface area contributed by atoms with Gasteiger partial charge in [0.05, 0.1) is 11.3 Å². The minimum Gasteiger partial charge on any atom is -0.336 e. The molecule has 2 heterocycles. The number of hydrogen-bond acceptors (Lipinski definition) is 5. The molecule has 1 aliphatic rings. The molecule has 4 rings (SSSR count). The summed E-state index contributed by atoms with van der Waals surface area (Å²) in [5.74, 6) is 0.171. The Bertz CT molecular complexity index is 1040. The molecule has 0 fully saturated rings. The summed E-state index contributed by atoms with van der Waals surface area (Å²) in [6.45, 7) is 1.53. The van der Waals surface area contributed by atoms with Gasteiger partial charge in [-0.1, -0.05) is 36.4 Å². The fourth-order valence-corrected chi connectivity index (χ4v) is 3.17. The number of nitrogens with zero attached hydrogens (tertiary/aromatic N) is 4. The number of aromatic nitrogens is 2. The Morgan fingerprint density at radius 2 is 1.85 bits per heavy atom. The Morgan fingerprint density at radius 1 is 1.07 bits per heavy atom. The van der Waals surface area contributed by atoms with Gasteiger partial charge in [0.25, 0.3) is 5.91 Å². The van der Waals surface area contributed by atoms with Gasteiger partial charge in [0.2, 0.25) is 5.95 Å². The zero-order chi connectivity index (χ0) is 18.6. The molecule has 1 amide bonds. The van der Waals surface area contributed by atoms with Crippen LogP contribution in [0.15, 0.2) is 60.8 Å². The molecule has 0 saturated carbocycles. The van der Waals surface area contributed by atoms with Gasteiger partial charge >= 0.3 is 0 Å². The van der Waals surface area contributed by atoms with Gasteiger partial charge in [0.1, 0.15) is 11.8 Å². The molecule has 1 aromatic heterocycles. The van der Waals surface area contributed by atoms with Crippen molar-refractivity contribution < 1.29 is 4.79 Å². The average Bonchev–Trinajstić information content (AvgIpc) is 2.74. The summed E-state index contributed by atoms with van der Waals surface area (Å²) in [5.41, 5.74) is 3.75. The molecule has 0 spiro atoms. The number of anilines is 2. The van der Waals surface area contributed by atoms with Crippen molar-refractivity contribution in [2.75, 3.05) is 16.8 Å². The van der Waals surface area contributed by atoms with E-state index >= 15 is 0 Å². The van der Waals surface area contributed by atoms with Gasteiger partial charge < -0.3 is 10.2 Å². The lowest BCUT2D eigenvalue weighted by Gasteiger charge is -2.28. The van der Waals surface area contributed by atoms with E-state index in [-0.39, 0.29) is 11.6 Å². The van der Waals surface area contributed by atoms with Crippen LogP contribution in [0, 0.1) is 11.3 Å². The summed E-state index contributed by atoms with van der Waals surface area (Å²) in [7, 11) is 0. The molecule has 132 valence electrons. The lowest BCUT2D eigenvalue weighted by molar-refractivity contribution is 0.102. The first-order valence-electron chi connectivity index (χ1n) is 8.70. The molecule has 0 saturated heterocycles. The van der Waals surface area contributed by atoms with Crippen molar-refractivity contribution in [2.45, 2.75) is 13.0 Å². The van der Waals surface area contributed by atoms with E-state index in [1.54, 1.807) is 36.5 Å². The fraction of sp³-hybridized carbons (Fsp3) is 0.143. The van der Waals surface area contributed by atoms with E-state index in [0.29, 0.717) is 17.2 Å². The molecule has 27 heavy (non-hydrogen) atoms. The quantitative estimate of drug-likeness (QED) is 0.780. The van der Waals surface area contributed by atoms with Crippen LogP contribution >= 0.6 is 0 Å². The second kappa shape index (κ2) is 7.26. The van der Waals surface area contributed by atoms with Crippen molar-refractivity contribution in [1.82, 2.24) is 9.97 Å². The van der Waals surface area contributed by atoms with Gasteiger partial charge in [-0.2, -0.15) is 5.26 Å². The Hall–Kier alpha value is -3.72. The number of fused-ring (bicyclic) bond motifs is 1. The highest BCUT2D eigenvalue weighted by molar-refractivity contribution is 6.03. The smallest absolute Gasteiger partial charge is 0.274 e. The van der Waals surface area contributed by atoms with E-state index in [9.17, 15) is 4.79 Å². The summed E-state index contributed by atoms with van der Waals surface area (Å²) < 4.78 is 0. The number of carbonyl (C=O) groups is 1. The van der Waals surface area contributed by atoms with E-state index in [1.807, 2.05) is 6.07 Å². The third-order valence-corrected chi connectivity index (χ3v) is 4.58. The van der Waals surface area contributed by atoms with E-state index in [0.717, 1.165) is 19.5 Å². The van der Waals surface area contributed by atoms with E-state index in [4.69, 9.17) is 5.26 Å². The van der Waals surface area contributed by atoms with Gasteiger partial charge in [-0.15, -0.1) is 0 Å². The number of amides is 1. The van der Waals surface area contributed by atoms with Gasteiger partial charge in [-0.3, -0.25) is 4.79 Å². The second-order valence-electron chi connectivity index (χ2n) is 6.29. The van der Waals surface area contributed by atoms with Crippen LogP contribution in [0.5, 0.6) is 0 Å². The number of hydrogen-bond donors (Lipinski definition) is 1. The van der Waals surface area contributed by atoms with E-state index in [1.165, 1.54) is 11.1 Å². The van der Waals surface area contributed by atoms with Crippen molar-refractivity contribution in [3.05, 3.63) is 83.2 Å². The van der Waals surface area contributed by atoms with Crippen molar-refractivity contribution >= 4 is 17.5 Å². The van der Waals surface area contributed by atoms with Crippen LogP contribution in [-0.2, 0) is 13.0 Å². The fourth-order valence-electron chi connectivity index (χ4n) is 3.17.